The predicted octanol–water partition coefficient (Wildman–Crippen LogP) is 3.85. The molecule has 108 valence electrons. The number of rotatable bonds is 5. The quantitative estimate of drug-likeness (QED) is 0.805. The summed E-state index contributed by atoms with van der Waals surface area (Å²) in [6.45, 7) is 12.2. The van der Waals surface area contributed by atoms with Crippen LogP contribution in [0.4, 0.5) is 0 Å². The average molecular weight is 255 g/mol. The van der Waals surface area contributed by atoms with E-state index in [2.05, 4.69) is 47.0 Å². The second kappa shape index (κ2) is 6.91. The van der Waals surface area contributed by atoms with E-state index in [-0.39, 0.29) is 0 Å². The molecular formula is C16H33NO. The fourth-order valence-electron chi connectivity index (χ4n) is 3.14. The zero-order chi connectivity index (χ0) is 13.8. The summed E-state index contributed by atoms with van der Waals surface area (Å²) in [6.07, 6.45) is 5.82. The molecule has 1 aliphatic rings. The lowest BCUT2D eigenvalue weighted by Gasteiger charge is -2.39. The summed E-state index contributed by atoms with van der Waals surface area (Å²) in [5.41, 5.74) is 0.481. The van der Waals surface area contributed by atoms with E-state index in [1.807, 2.05) is 0 Å². The average Bonchev–Trinajstić information content (AvgIpc) is 2.29. The molecule has 0 heterocycles. The maximum atomic E-state index is 5.78. The molecule has 0 radical (unpaired) electrons. The molecule has 2 heteroatoms. The SMILES string of the molecule is CNC(COC(C)C)C1CCC(C(C)(C)C)CC1. The molecule has 1 unspecified atom stereocenters. The number of likely N-dealkylation sites (N-methyl/N-ethyl adjacent to an activating group) is 1. The van der Waals surface area contributed by atoms with Crippen molar-refractivity contribution in [3.8, 4) is 0 Å². The van der Waals surface area contributed by atoms with Gasteiger partial charge in [-0.15, -0.1) is 0 Å². The minimum absolute atomic E-state index is 0.340. The van der Waals surface area contributed by atoms with Crippen LogP contribution < -0.4 is 5.32 Å². The van der Waals surface area contributed by atoms with Gasteiger partial charge in [-0.1, -0.05) is 20.8 Å². The number of ether oxygens (including phenoxy) is 1. The predicted molar refractivity (Wildman–Crippen MR) is 78.8 cm³/mol. The summed E-state index contributed by atoms with van der Waals surface area (Å²) in [4.78, 5) is 0. The van der Waals surface area contributed by atoms with Crippen LogP contribution in [0.15, 0.2) is 0 Å². The van der Waals surface area contributed by atoms with Gasteiger partial charge in [0.05, 0.1) is 12.7 Å². The van der Waals surface area contributed by atoms with Crippen molar-refractivity contribution in [2.45, 2.75) is 72.4 Å². The third kappa shape index (κ3) is 4.89. The van der Waals surface area contributed by atoms with E-state index in [0.29, 0.717) is 17.6 Å². The Hall–Kier alpha value is -0.0800. The van der Waals surface area contributed by atoms with E-state index in [1.165, 1.54) is 25.7 Å². The number of hydrogen-bond donors (Lipinski definition) is 1. The van der Waals surface area contributed by atoms with Crippen LogP contribution in [0.1, 0.15) is 60.3 Å². The van der Waals surface area contributed by atoms with Gasteiger partial charge in [-0.05, 0) is 63.8 Å². The van der Waals surface area contributed by atoms with Crippen molar-refractivity contribution in [3.05, 3.63) is 0 Å². The van der Waals surface area contributed by atoms with E-state index in [4.69, 9.17) is 4.74 Å². The highest BCUT2D eigenvalue weighted by Crippen LogP contribution is 2.40. The standard InChI is InChI=1S/C16H33NO/c1-12(2)18-11-15(17-6)13-7-9-14(10-8-13)16(3,4)5/h12-15,17H,7-11H2,1-6H3. The third-order valence-electron chi connectivity index (χ3n) is 4.55. The minimum atomic E-state index is 0.340. The Labute approximate surface area is 114 Å². The maximum absolute atomic E-state index is 5.78. The monoisotopic (exact) mass is 255 g/mol. The zero-order valence-corrected chi connectivity index (χ0v) is 13.3. The van der Waals surface area contributed by atoms with Gasteiger partial charge >= 0.3 is 0 Å². The summed E-state index contributed by atoms with van der Waals surface area (Å²) in [7, 11) is 2.07. The molecule has 0 aromatic heterocycles. The lowest BCUT2D eigenvalue weighted by molar-refractivity contribution is 0.0370. The van der Waals surface area contributed by atoms with Crippen LogP contribution in [0.5, 0.6) is 0 Å². The van der Waals surface area contributed by atoms with Crippen LogP contribution in [-0.4, -0.2) is 25.8 Å². The molecule has 1 aliphatic carbocycles. The summed E-state index contributed by atoms with van der Waals surface area (Å²) in [6, 6.07) is 0.535. The second-order valence-corrected chi connectivity index (χ2v) is 7.25. The van der Waals surface area contributed by atoms with Crippen molar-refractivity contribution in [1.82, 2.24) is 5.32 Å². The molecule has 0 amide bonds. The second-order valence-electron chi connectivity index (χ2n) is 7.25. The van der Waals surface area contributed by atoms with Crippen LogP contribution in [0.25, 0.3) is 0 Å². The minimum Gasteiger partial charge on any atom is -0.377 e. The lowest BCUT2D eigenvalue weighted by Crippen LogP contribution is -2.41. The molecule has 1 fully saturated rings. The molecule has 0 aromatic rings. The summed E-state index contributed by atoms with van der Waals surface area (Å²) < 4.78 is 5.78. The van der Waals surface area contributed by atoms with E-state index >= 15 is 0 Å². The van der Waals surface area contributed by atoms with Gasteiger partial charge in [-0.25, -0.2) is 0 Å². The van der Waals surface area contributed by atoms with E-state index in [0.717, 1.165) is 18.4 Å². The van der Waals surface area contributed by atoms with Crippen LogP contribution >= 0.6 is 0 Å². The third-order valence-corrected chi connectivity index (χ3v) is 4.55. The first-order chi connectivity index (χ1) is 8.34. The van der Waals surface area contributed by atoms with Gasteiger partial charge in [0, 0.05) is 6.04 Å². The van der Waals surface area contributed by atoms with Crippen molar-refractivity contribution in [2.75, 3.05) is 13.7 Å². The molecule has 0 aliphatic heterocycles. The Morgan fingerprint density at radius 1 is 1.11 bits per heavy atom. The molecule has 0 bridgehead atoms. The highest BCUT2D eigenvalue weighted by Gasteiger charge is 2.32. The van der Waals surface area contributed by atoms with Crippen molar-refractivity contribution in [2.24, 2.45) is 17.3 Å². The van der Waals surface area contributed by atoms with Crippen molar-refractivity contribution in [1.29, 1.82) is 0 Å². The Bertz CT molecular complexity index is 224. The van der Waals surface area contributed by atoms with Gasteiger partial charge in [0.25, 0.3) is 0 Å². The largest absolute Gasteiger partial charge is 0.377 e. The summed E-state index contributed by atoms with van der Waals surface area (Å²) >= 11 is 0. The highest BCUT2D eigenvalue weighted by molar-refractivity contribution is 4.85. The molecule has 1 atom stereocenters. The van der Waals surface area contributed by atoms with Gasteiger partial charge < -0.3 is 10.1 Å². The van der Waals surface area contributed by atoms with Gasteiger partial charge in [0.2, 0.25) is 0 Å². The Balaban J connectivity index is 2.40. The smallest absolute Gasteiger partial charge is 0.0625 e. The molecule has 1 N–H and O–H groups in total. The van der Waals surface area contributed by atoms with Gasteiger partial charge in [-0.2, -0.15) is 0 Å². The molecule has 1 rings (SSSR count). The Morgan fingerprint density at radius 3 is 2.06 bits per heavy atom. The fraction of sp³-hybridized carbons (Fsp3) is 1.00. The van der Waals surface area contributed by atoms with Crippen LogP contribution in [0.2, 0.25) is 0 Å². The molecule has 18 heavy (non-hydrogen) atoms. The van der Waals surface area contributed by atoms with E-state index < -0.39 is 0 Å². The van der Waals surface area contributed by atoms with Crippen LogP contribution in [0, 0.1) is 17.3 Å². The topological polar surface area (TPSA) is 21.3 Å². The van der Waals surface area contributed by atoms with Gasteiger partial charge in [0.1, 0.15) is 0 Å². The molecule has 0 spiro atoms. The van der Waals surface area contributed by atoms with Gasteiger partial charge in [-0.3, -0.25) is 0 Å². The van der Waals surface area contributed by atoms with E-state index in [9.17, 15) is 0 Å². The molecular weight excluding hydrogens is 222 g/mol. The van der Waals surface area contributed by atoms with Crippen molar-refractivity contribution in [3.63, 3.8) is 0 Å². The Morgan fingerprint density at radius 2 is 1.67 bits per heavy atom. The van der Waals surface area contributed by atoms with Crippen molar-refractivity contribution < 1.29 is 4.74 Å². The fourth-order valence-corrected chi connectivity index (χ4v) is 3.14. The van der Waals surface area contributed by atoms with Crippen LogP contribution in [-0.2, 0) is 4.74 Å². The molecule has 0 aromatic carbocycles. The van der Waals surface area contributed by atoms with Gasteiger partial charge in [0.15, 0.2) is 0 Å². The van der Waals surface area contributed by atoms with Crippen molar-refractivity contribution >= 4 is 0 Å². The summed E-state index contributed by atoms with van der Waals surface area (Å²) in [5.74, 6) is 1.70. The zero-order valence-electron chi connectivity index (χ0n) is 13.3. The summed E-state index contributed by atoms with van der Waals surface area (Å²) in [5, 5.41) is 3.46. The highest BCUT2D eigenvalue weighted by atomic mass is 16.5. The normalized spacial score (nSPS) is 27.5. The van der Waals surface area contributed by atoms with E-state index in [1.54, 1.807) is 0 Å². The molecule has 1 saturated carbocycles. The number of hydrogen-bond acceptors (Lipinski definition) is 2. The lowest BCUT2D eigenvalue weighted by atomic mass is 9.68. The maximum Gasteiger partial charge on any atom is 0.0625 e. The van der Waals surface area contributed by atoms with Crippen LogP contribution in [0.3, 0.4) is 0 Å². The molecule has 2 nitrogen and oxygen atoms in total. The first kappa shape index (κ1) is 16.0. The Kier molecular flexibility index (Phi) is 6.13. The first-order valence-electron chi connectivity index (χ1n) is 7.63. The molecule has 0 saturated heterocycles. The first-order valence-corrected chi connectivity index (χ1v) is 7.63. The number of nitrogens with one attached hydrogen (secondary N) is 1.